The lowest BCUT2D eigenvalue weighted by Crippen LogP contribution is -2.31. The zero-order valence-electron chi connectivity index (χ0n) is 15.1. The van der Waals surface area contributed by atoms with Gasteiger partial charge in [0.2, 0.25) is 0 Å². The maximum Gasteiger partial charge on any atom is 0.178 e. The standard InChI is InChI=1S/C20H23N5O/c1-2-11-26-17-6-5-16-13-24(10-9-15(16)12-17)19-8-7-18-21-22-20(14-3-4-14)25(18)23-19/h5-8,12,14H,2-4,9-11,13H2,1H3. The predicted molar refractivity (Wildman–Crippen MR) is 99.7 cm³/mol. The van der Waals surface area contributed by atoms with E-state index in [1.54, 1.807) is 0 Å². The lowest BCUT2D eigenvalue weighted by Gasteiger charge is -2.30. The van der Waals surface area contributed by atoms with Crippen molar-refractivity contribution in [1.29, 1.82) is 0 Å². The first-order chi connectivity index (χ1) is 12.8. The van der Waals surface area contributed by atoms with Crippen molar-refractivity contribution in [3.05, 3.63) is 47.3 Å². The Bertz CT molecular complexity index is 947. The summed E-state index contributed by atoms with van der Waals surface area (Å²) in [5.74, 6) is 3.53. The summed E-state index contributed by atoms with van der Waals surface area (Å²) < 4.78 is 7.71. The maximum absolute atomic E-state index is 5.77. The molecule has 26 heavy (non-hydrogen) atoms. The second-order valence-corrected chi connectivity index (χ2v) is 7.24. The molecule has 0 spiro atoms. The van der Waals surface area contributed by atoms with Crippen molar-refractivity contribution in [3.8, 4) is 5.75 Å². The normalized spacial score (nSPS) is 16.7. The van der Waals surface area contributed by atoms with E-state index in [4.69, 9.17) is 9.84 Å². The third-order valence-electron chi connectivity index (χ3n) is 5.20. The number of ether oxygens (including phenoxy) is 1. The van der Waals surface area contributed by atoms with Gasteiger partial charge in [0.05, 0.1) is 6.61 Å². The van der Waals surface area contributed by atoms with Crippen LogP contribution in [0, 0.1) is 0 Å². The number of nitrogens with zero attached hydrogens (tertiary/aromatic N) is 5. The molecule has 5 rings (SSSR count). The van der Waals surface area contributed by atoms with Gasteiger partial charge in [-0.05, 0) is 61.1 Å². The van der Waals surface area contributed by atoms with Crippen LogP contribution >= 0.6 is 0 Å². The molecule has 0 atom stereocenters. The smallest absolute Gasteiger partial charge is 0.178 e. The monoisotopic (exact) mass is 349 g/mol. The van der Waals surface area contributed by atoms with E-state index >= 15 is 0 Å². The van der Waals surface area contributed by atoms with Gasteiger partial charge in [0.25, 0.3) is 0 Å². The first-order valence-electron chi connectivity index (χ1n) is 9.53. The molecule has 0 bridgehead atoms. The van der Waals surface area contributed by atoms with E-state index in [-0.39, 0.29) is 0 Å². The molecule has 0 N–H and O–H groups in total. The van der Waals surface area contributed by atoms with Crippen molar-refractivity contribution in [3.63, 3.8) is 0 Å². The molecule has 1 aliphatic carbocycles. The number of rotatable bonds is 5. The number of aromatic nitrogens is 4. The van der Waals surface area contributed by atoms with Crippen molar-refractivity contribution in [1.82, 2.24) is 19.8 Å². The van der Waals surface area contributed by atoms with Crippen LogP contribution in [0.25, 0.3) is 5.65 Å². The van der Waals surface area contributed by atoms with Gasteiger partial charge in [0.15, 0.2) is 11.5 Å². The first-order valence-corrected chi connectivity index (χ1v) is 9.53. The number of anilines is 1. The third kappa shape index (κ3) is 2.79. The van der Waals surface area contributed by atoms with Gasteiger partial charge in [-0.25, -0.2) is 0 Å². The number of fused-ring (bicyclic) bond motifs is 2. The molecule has 1 fully saturated rings. The summed E-state index contributed by atoms with van der Waals surface area (Å²) in [5, 5.41) is 13.4. The molecular weight excluding hydrogens is 326 g/mol. The Morgan fingerprint density at radius 1 is 1.12 bits per heavy atom. The van der Waals surface area contributed by atoms with Crippen LogP contribution in [0.1, 0.15) is 49.1 Å². The minimum atomic E-state index is 0.538. The van der Waals surface area contributed by atoms with Crippen molar-refractivity contribution >= 4 is 11.5 Å². The first kappa shape index (κ1) is 15.6. The van der Waals surface area contributed by atoms with Gasteiger partial charge in [0.1, 0.15) is 11.6 Å². The summed E-state index contributed by atoms with van der Waals surface area (Å²) in [6.45, 7) is 4.74. The zero-order chi connectivity index (χ0) is 17.5. The fourth-order valence-corrected chi connectivity index (χ4v) is 3.60. The Morgan fingerprint density at radius 3 is 2.88 bits per heavy atom. The average molecular weight is 349 g/mol. The number of hydrogen-bond acceptors (Lipinski definition) is 5. The Hall–Kier alpha value is -2.63. The van der Waals surface area contributed by atoms with Crippen LogP contribution in [0.2, 0.25) is 0 Å². The van der Waals surface area contributed by atoms with Gasteiger partial charge in [0, 0.05) is 19.0 Å². The lowest BCUT2D eigenvalue weighted by molar-refractivity contribution is 0.317. The highest BCUT2D eigenvalue weighted by Gasteiger charge is 2.29. The molecule has 134 valence electrons. The molecule has 1 aliphatic heterocycles. The van der Waals surface area contributed by atoms with Crippen molar-refractivity contribution in [2.45, 2.75) is 45.1 Å². The summed E-state index contributed by atoms with van der Waals surface area (Å²) in [4.78, 5) is 2.34. The molecule has 6 nitrogen and oxygen atoms in total. The van der Waals surface area contributed by atoms with E-state index in [0.717, 1.165) is 55.6 Å². The van der Waals surface area contributed by atoms with Gasteiger partial charge in [-0.15, -0.1) is 15.3 Å². The van der Waals surface area contributed by atoms with Gasteiger partial charge >= 0.3 is 0 Å². The minimum absolute atomic E-state index is 0.538. The Kier molecular flexibility index (Phi) is 3.76. The molecule has 6 heteroatoms. The molecule has 0 amide bonds. The third-order valence-corrected chi connectivity index (χ3v) is 5.20. The summed E-state index contributed by atoms with van der Waals surface area (Å²) in [7, 11) is 0. The van der Waals surface area contributed by atoms with E-state index in [9.17, 15) is 0 Å². The summed E-state index contributed by atoms with van der Waals surface area (Å²) >= 11 is 0. The molecule has 0 unspecified atom stereocenters. The summed E-state index contributed by atoms with van der Waals surface area (Å²) in [5.41, 5.74) is 3.58. The molecule has 1 saturated carbocycles. The van der Waals surface area contributed by atoms with Crippen LogP contribution in [-0.4, -0.2) is 33.0 Å². The second-order valence-electron chi connectivity index (χ2n) is 7.24. The van der Waals surface area contributed by atoms with Gasteiger partial charge in [-0.1, -0.05) is 13.0 Å². The van der Waals surface area contributed by atoms with E-state index < -0.39 is 0 Å². The van der Waals surface area contributed by atoms with Crippen LogP contribution in [0.5, 0.6) is 5.75 Å². The van der Waals surface area contributed by atoms with Gasteiger partial charge in [-0.2, -0.15) is 4.52 Å². The highest BCUT2D eigenvalue weighted by molar-refractivity contribution is 5.49. The van der Waals surface area contributed by atoms with E-state index in [1.165, 1.54) is 24.0 Å². The topological polar surface area (TPSA) is 55.5 Å². The zero-order valence-corrected chi connectivity index (χ0v) is 15.1. The van der Waals surface area contributed by atoms with Crippen molar-refractivity contribution in [2.24, 2.45) is 0 Å². The van der Waals surface area contributed by atoms with Crippen LogP contribution < -0.4 is 9.64 Å². The van der Waals surface area contributed by atoms with Crippen LogP contribution in [0.15, 0.2) is 30.3 Å². The molecule has 2 aromatic heterocycles. The average Bonchev–Trinajstić information content (AvgIpc) is 3.44. The van der Waals surface area contributed by atoms with E-state index in [0.29, 0.717) is 5.92 Å². The molecule has 3 heterocycles. The minimum Gasteiger partial charge on any atom is -0.494 e. The summed E-state index contributed by atoms with van der Waals surface area (Å²) in [6.07, 6.45) is 4.44. The van der Waals surface area contributed by atoms with E-state index in [1.807, 2.05) is 10.6 Å². The van der Waals surface area contributed by atoms with Crippen LogP contribution in [0.4, 0.5) is 5.82 Å². The largest absolute Gasteiger partial charge is 0.494 e. The molecule has 0 saturated heterocycles. The fraction of sp³-hybridized carbons (Fsp3) is 0.450. The fourth-order valence-electron chi connectivity index (χ4n) is 3.60. The van der Waals surface area contributed by atoms with Crippen LogP contribution in [-0.2, 0) is 13.0 Å². The van der Waals surface area contributed by atoms with Crippen LogP contribution in [0.3, 0.4) is 0 Å². The number of benzene rings is 1. The molecule has 1 aromatic carbocycles. The van der Waals surface area contributed by atoms with Crippen molar-refractivity contribution < 1.29 is 4.74 Å². The lowest BCUT2D eigenvalue weighted by atomic mass is 9.99. The predicted octanol–water partition coefficient (Wildman–Crippen LogP) is 3.35. The quantitative estimate of drug-likeness (QED) is 0.707. The summed E-state index contributed by atoms with van der Waals surface area (Å²) in [6, 6.07) is 10.6. The second kappa shape index (κ2) is 6.27. The van der Waals surface area contributed by atoms with E-state index in [2.05, 4.69) is 46.3 Å². The Balaban J connectivity index is 1.40. The molecule has 2 aliphatic rings. The highest BCUT2D eigenvalue weighted by atomic mass is 16.5. The van der Waals surface area contributed by atoms with Gasteiger partial charge in [-0.3, -0.25) is 0 Å². The molecule has 3 aromatic rings. The highest BCUT2D eigenvalue weighted by Crippen LogP contribution is 2.39. The SMILES string of the molecule is CCCOc1ccc2c(c1)CCN(c1ccc3nnc(C4CC4)n3n1)C2. The van der Waals surface area contributed by atoms with Gasteiger partial charge < -0.3 is 9.64 Å². The van der Waals surface area contributed by atoms with Crippen molar-refractivity contribution in [2.75, 3.05) is 18.1 Å². The Morgan fingerprint density at radius 2 is 2.04 bits per heavy atom. The number of hydrogen-bond donors (Lipinski definition) is 0. The maximum atomic E-state index is 5.77. The molecule has 0 radical (unpaired) electrons. The Labute approximate surface area is 152 Å². The molecular formula is C20H23N5O.